The molecule has 142 valence electrons. The van der Waals surface area contributed by atoms with Gasteiger partial charge in [0.05, 0.1) is 6.42 Å². The van der Waals surface area contributed by atoms with Gasteiger partial charge in [0.25, 0.3) is 0 Å². The van der Waals surface area contributed by atoms with E-state index in [1.165, 1.54) is 6.07 Å². The van der Waals surface area contributed by atoms with E-state index in [9.17, 15) is 18.4 Å². The van der Waals surface area contributed by atoms with E-state index in [2.05, 4.69) is 50.6 Å². The molecule has 0 spiro atoms. The van der Waals surface area contributed by atoms with Crippen LogP contribution in [0.25, 0.3) is 0 Å². The minimum absolute atomic E-state index is 0.0628. The fourth-order valence-electron chi connectivity index (χ4n) is 1.89. The average Bonchev–Trinajstić information content (AvgIpc) is 2.48. The largest absolute Gasteiger partial charge is 0.368 e. The van der Waals surface area contributed by atoms with Crippen LogP contribution in [-0.2, 0) is 16.0 Å². The number of nitrogens with one attached hydrogen (secondary N) is 1. The van der Waals surface area contributed by atoms with Gasteiger partial charge in [-0.25, -0.2) is 8.78 Å². The SMILES string of the molecule is CC(C)(C)[Si](C)(C)C#CC[C@@H](NC(=O)Cc1c(F)cccc1F)C(N)=O. The molecule has 0 bridgehead atoms. The number of nitrogens with two attached hydrogens (primary N) is 1. The summed E-state index contributed by atoms with van der Waals surface area (Å²) in [7, 11) is -1.85. The van der Waals surface area contributed by atoms with Gasteiger partial charge in [-0.2, -0.15) is 0 Å². The summed E-state index contributed by atoms with van der Waals surface area (Å²) in [6.07, 6.45) is -0.453. The van der Waals surface area contributed by atoms with Crippen molar-refractivity contribution < 1.29 is 18.4 Å². The molecule has 2 amide bonds. The van der Waals surface area contributed by atoms with Gasteiger partial charge in [0, 0.05) is 12.0 Å². The van der Waals surface area contributed by atoms with Crippen molar-refractivity contribution in [2.75, 3.05) is 0 Å². The molecule has 4 nitrogen and oxygen atoms in total. The molecule has 0 fully saturated rings. The van der Waals surface area contributed by atoms with Gasteiger partial charge in [0.15, 0.2) is 0 Å². The lowest BCUT2D eigenvalue weighted by molar-refractivity contribution is -0.126. The third-order valence-corrected chi connectivity index (χ3v) is 9.21. The van der Waals surface area contributed by atoms with E-state index in [1.54, 1.807) is 0 Å². The zero-order chi connectivity index (χ0) is 20.1. The second-order valence-corrected chi connectivity index (χ2v) is 12.8. The molecule has 1 aromatic carbocycles. The van der Waals surface area contributed by atoms with E-state index < -0.39 is 44.0 Å². The van der Waals surface area contributed by atoms with Crippen LogP contribution < -0.4 is 11.1 Å². The molecule has 1 aromatic rings. The fourth-order valence-corrected chi connectivity index (χ4v) is 2.81. The highest BCUT2D eigenvalue weighted by Crippen LogP contribution is 2.35. The van der Waals surface area contributed by atoms with Crippen LogP contribution in [0.4, 0.5) is 8.78 Å². The maximum Gasteiger partial charge on any atom is 0.240 e. The zero-order valence-corrected chi connectivity index (χ0v) is 16.9. The van der Waals surface area contributed by atoms with Crippen LogP contribution in [-0.4, -0.2) is 25.9 Å². The Balaban J connectivity index is 2.81. The Morgan fingerprint density at radius 2 is 1.77 bits per heavy atom. The Kier molecular flexibility index (Phi) is 7.10. The quantitative estimate of drug-likeness (QED) is 0.609. The van der Waals surface area contributed by atoms with Crippen LogP contribution in [0.15, 0.2) is 18.2 Å². The number of hydrogen-bond donors (Lipinski definition) is 2. The predicted molar refractivity (Wildman–Crippen MR) is 101 cm³/mol. The second-order valence-electron chi connectivity index (χ2n) is 7.78. The lowest BCUT2D eigenvalue weighted by Gasteiger charge is -2.31. The number of halogens is 2. The first-order valence-electron chi connectivity index (χ1n) is 8.37. The Bertz CT molecular complexity index is 726. The molecular formula is C19H26F2N2O2Si. The van der Waals surface area contributed by atoms with Gasteiger partial charge in [-0.3, -0.25) is 9.59 Å². The van der Waals surface area contributed by atoms with Crippen molar-refractivity contribution >= 4 is 19.9 Å². The lowest BCUT2D eigenvalue weighted by Crippen LogP contribution is -2.45. The minimum Gasteiger partial charge on any atom is -0.368 e. The first-order valence-corrected chi connectivity index (χ1v) is 11.4. The molecule has 3 N–H and O–H groups in total. The lowest BCUT2D eigenvalue weighted by atomic mass is 10.1. The number of primary amides is 1. The molecule has 0 aliphatic carbocycles. The van der Waals surface area contributed by atoms with Gasteiger partial charge >= 0.3 is 0 Å². The third-order valence-electron chi connectivity index (χ3n) is 4.66. The molecule has 26 heavy (non-hydrogen) atoms. The summed E-state index contributed by atoms with van der Waals surface area (Å²) in [4.78, 5) is 23.6. The van der Waals surface area contributed by atoms with Crippen molar-refractivity contribution in [2.45, 2.75) is 57.8 Å². The summed E-state index contributed by atoms with van der Waals surface area (Å²) in [5.74, 6) is -0.0965. The normalized spacial score (nSPS) is 12.7. The Morgan fingerprint density at radius 1 is 1.23 bits per heavy atom. The minimum atomic E-state index is -1.85. The highest BCUT2D eigenvalue weighted by Gasteiger charge is 2.33. The molecule has 0 aromatic heterocycles. The van der Waals surface area contributed by atoms with Crippen molar-refractivity contribution in [3.05, 3.63) is 35.4 Å². The predicted octanol–water partition coefficient (Wildman–Crippen LogP) is 2.92. The molecule has 0 saturated heterocycles. The van der Waals surface area contributed by atoms with Crippen LogP contribution in [0, 0.1) is 23.1 Å². The number of rotatable bonds is 5. The van der Waals surface area contributed by atoms with Crippen molar-refractivity contribution in [2.24, 2.45) is 5.73 Å². The van der Waals surface area contributed by atoms with Crippen molar-refractivity contribution in [1.29, 1.82) is 0 Å². The molecule has 0 radical (unpaired) electrons. The average molecular weight is 381 g/mol. The van der Waals surface area contributed by atoms with Gasteiger partial charge in [0.2, 0.25) is 11.8 Å². The summed E-state index contributed by atoms with van der Waals surface area (Å²) in [5.41, 5.74) is 8.20. The van der Waals surface area contributed by atoms with Crippen molar-refractivity contribution in [3.63, 3.8) is 0 Å². The molecule has 1 atom stereocenters. The molecule has 0 saturated carbocycles. The molecular weight excluding hydrogens is 354 g/mol. The van der Waals surface area contributed by atoms with Gasteiger partial charge in [0.1, 0.15) is 25.8 Å². The molecule has 0 aliphatic heterocycles. The van der Waals surface area contributed by atoms with Crippen LogP contribution in [0.2, 0.25) is 18.1 Å². The van der Waals surface area contributed by atoms with E-state index in [0.29, 0.717) is 0 Å². The molecule has 0 unspecified atom stereocenters. The van der Waals surface area contributed by atoms with E-state index >= 15 is 0 Å². The standard InChI is InChI=1S/C19H26F2N2O2Si/c1-19(2,3)26(4,5)11-7-10-16(18(22)25)23-17(24)12-13-14(20)8-6-9-15(13)21/h6,8-9,16H,10,12H2,1-5H3,(H2,22,25)(H,23,24)/t16-/m1/s1. The Morgan fingerprint density at radius 3 is 2.23 bits per heavy atom. The first kappa shape index (κ1) is 21.8. The maximum absolute atomic E-state index is 13.6. The van der Waals surface area contributed by atoms with Crippen molar-refractivity contribution in [1.82, 2.24) is 5.32 Å². The monoisotopic (exact) mass is 380 g/mol. The number of carbonyl (C=O) groups excluding carboxylic acids is 2. The smallest absolute Gasteiger partial charge is 0.240 e. The number of benzene rings is 1. The summed E-state index contributed by atoms with van der Waals surface area (Å²) in [6, 6.07) is 2.35. The summed E-state index contributed by atoms with van der Waals surface area (Å²) in [6.45, 7) is 10.6. The highest BCUT2D eigenvalue weighted by molar-refractivity contribution is 6.87. The topological polar surface area (TPSA) is 72.2 Å². The fraction of sp³-hybridized carbons (Fsp3) is 0.474. The van der Waals surface area contributed by atoms with E-state index in [0.717, 1.165) is 12.1 Å². The summed E-state index contributed by atoms with van der Waals surface area (Å²) in [5, 5.41) is 2.47. The van der Waals surface area contributed by atoms with Gasteiger partial charge in [-0.15, -0.1) is 11.5 Å². The van der Waals surface area contributed by atoms with E-state index in [-0.39, 0.29) is 17.0 Å². The van der Waals surface area contributed by atoms with E-state index in [1.807, 2.05) is 0 Å². The van der Waals surface area contributed by atoms with Crippen molar-refractivity contribution in [3.8, 4) is 11.5 Å². The maximum atomic E-state index is 13.6. The zero-order valence-electron chi connectivity index (χ0n) is 15.9. The second kappa shape index (κ2) is 8.45. The van der Waals surface area contributed by atoms with E-state index in [4.69, 9.17) is 5.73 Å². The summed E-state index contributed by atoms with van der Waals surface area (Å²) >= 11 is 0. The third kappa shape index (κ3) is 5.95. The molecule has 0 heterocycles. The number of carbonyl (C=O) groups is 2. The molecule has 0 aliphatic rings. The van der Waals surface area contributed by atoms with Crippen LogP contribution >= 0.6 is 0 Å². The van der Waals surface area contributed by atoms with Gasteiger partial charge < -0.3 is 11.1 Å². The molecule has 1 rings (SSSR count). The Labute approximate surface area is 154 Å². The highest BCUT2D eigenvalue weighted by atomic mass is 28.3. The number of amides is 2. The van der Waals surface area contributed by atoms with Gasteiger partial charge in [-0.05, 0) is 17.2 Å². The van der Waals surface area contributed by atoms with Gasteiger partial charge in [-0.1, -0.05) is 39.9 Å². The van der Waals surface area contributed by atoms with Crippen LogP contribution in [0.1, 0.15) is 32.8 Å². The Hall–Kier alpha value is -2.20. The number of hydrogen-bond acceptors (Lipinski definition) is 2. The van der Waals surface area contributed by atoms with Crippen LogP contribution in [0.3, 0.4) is 0 Å². The summed E-state index contributed by atoms with van der Waals surface area (Å²) < 4.78 is 27.2. The first-order chi connectivity index (χ1) is 11.8. The molecule has 7 heteroatoms. The van der Waals surface area contributed by atoms with Crippen LogP contribution in [0.5, 0.6) is 0 Å².